The minimum Gasteiger partial charge on any atom is -0.354 e. The van der Waals surface area contributed by atoms with Crippen LogP contribution in [0.5, 0.6) is 0 Å². The van der Waals surface area contributed by atoms with E-state index in [4.69, 9.17) is 0 Å². The first-order chi connectivity index (χ1) is 9.79. The van der Waals surface area contributed by atoms with Crippen LogP contribution in [0.25, 0.3) is 22.2 Å². The van der Waals surface area contributed by atoms with Crippen molar-refractivity contribution in [3.05, 3.63) is 48.5 Å². The molecule has 0 amide bonds. The summed E-state index contributed by atoms with van der Waals surface area (Å²) in [5.41, 5.74) is 1.82. The van der Waals surface area contributed by atoms with Crippen LogP contribution in [-0.4, -0.2) is 21.5 Å². The predicted molar refractivity (Wildman–Crippen MR) is 76.9 cm³/mol. The molecule has 0 aliphatic heterocycles. The number of anilines is 1. The van der Waals surface area contributed by atoms with Crippen LogP contribution in [0.1, 0.15) is 6.92 Å². The van der Waals surface area contributed by atoms with Gasteiger partial charge in [0.25, 0.3) is 0 Å². The van der Waals surface area contributed by atoms with Crippen molar-refractivity contribution in [3.63, 3.8) is 0 Å². The maximum absolute atomic E-state index is 14.1. The van der Waals surface area contributed by atoms with Gasteiger partial charge in [0.2, 0.25) is 5.95 Å². The standard InChI is InChI=1S/C15H13FN4/c1-2-17-15-19-9-12(16)14(20-15)11-5-3-7-13-10(11)6-4-8-18-13/h3-9H,2H2,1H3,(H,17,19,20). The summed E-state index contributed by atoms with van der Waals surface area (Å²) in [6.07, 6.45) is 2.90. The second-order valence-corrected chi connectivity index (χ2v) is 4.30. The molecule has 0 saturated heterocycles. The second kappa shape index (κ2) is 5.21. The highest BCUT2D eigenvalue weighted by Crippen LogP contribution is 2.28. The molecule has 2 heterocycles. The summed E-state index contributed by atoms with van der Waals surface area (Å²) in [4.78, 5) is 12.5. The van der Waals surface area contributed by atoms with Crippen molar-refractivity contribution in [2.75, 3.05) is 11.9 Å². The monoisotopic (exact) mass is 268 g/mol. The molecule has 0 aliphatic carbocycles. The molecule has 0 bridgehead atoms. The number of fused-ring (bicyclic) bond motifs is 1. The van der Waals surface area contributed by atoms with Crippen LogP contribution in [0.2, 0.25) is 0 Å². The number of benzene rings is 1. The van der Waals surface area contributed by atoms with E-state index in [-0.39, 0.29) is 5.69 Å². The number of rotatable bonds is 3. The first-order valence-electron chi connectivity index (χ1n) is 6.40. The van der Waals surface area contributed by atoms with Crippen molar-refractivity contribution in [1.29, 1.82) is 0 Å². The van der Waals surface area contributed by atoms with E-state index >= 15 is 0 Å². The maximum Gasteiger partial charge on any atom is 0.223 e. The van der Waals surface area contributed by atoms with Gasteiger partial charge in [0, 0.05) is 23.7 Å². The van der Waals surface area contributed by atoms with Crippen LogP contribution in [0.3, 0.4) is 0 Å². The van der Waals surface area contributed by atoms with Crippen molar-refractivity contribution < 1.29 is 4.39 Å². The van der Waals surface area contributed by atoms with Gasteiger partial charge in [-0.1, -0.05) is 18.2 Å². The fourth-order valence-electron chi connectivity index (χ4n) is 2.11. The number of pyridine rings is 1. The van der Waals surface area contributed by atoms with Crippen LogP contribution in [0, 0.1) is 5.82 Å². The molecule has 0 aliphatic rings. The number of halogens is 1. The highest BCUT2D eigenvalue weighted by molar-refractivity contribution is 5.93. The zero-order valence-electron chi connectivity index (χ0n) is 11.0. The van der Waals surface area contributed by atoms with E-state index < -0.39 is 5.82 Å². The third-order valence-electron chi connectivity index (χ3n) is 2.98. The van der Waals surface area contributed by atoms with Gasteiger partial charge in [0.15, 0.2) is 5.82 Å². The van der Waals surface area contributed by atoms with E-state index in [0.29, 0.717) is 12.5 Å². The molecule has 0 saturated carbocycles. The van der Waals surface area contributed by atoms with Crippen molar-refractivity contribution in [1.82, 2.24) is 15.0 Å². The second-order valence-electron chi connectivity index (χ2n) is 4.30. The number of hydrogen-bond acceptors (Lipinski definition) is 4. The fourth-order valence-corrected chi connectivity index (χ4v) is 2.11. The van der Waals surface area contributed by atoms with E-state index in [0.717, 1.165) is 16.5 Å². The van der Waals surface area contributed by atoms with E-state index in [9.17, 15) is 4.39 Å². The Morgan fingerprint density at radius 2 is 2.05 bits per heavy atom. The normalized spacial score (nSPS) is 10.7. The number of nitrogens with zero attached hydrogens (tertiary/aromatic N) is 3. The van der Waals surface area contributed by atoms with Crippen molar-refractivity contribution in [2.24, 2.45) is 0 Å². The molecule has 5 heteroatoms. The summed E-state index contributed by atoms with van der Waals surface area (Å²) in [6.45, 7) is 2.62. The summed E-state index contributed by atoms with van der Waals surface area (Å²) >= 11 is 0. The lowest BCUT2D eigenvalue weighted by atomic mass is 10.1. The summed E-state index contributed by atoms with van der Waals surface area (Å²) in [5, 5.41) is 3.86. The van der Waals surface area contributed by atoms with Gasteiger partial charge in [0.1, 0.15) is 5.69 Å². The smallest absolute Gasteiger partial charge is 0.223 e. The van der Waals surface area contributed by atoms with Crippen LogP contribution in [0.15, 0.2) is 42.7 Å². The summed E-state index contributed by atoms with van der Waals surface area (Å²) in [6, 6.07) is 9.32. The van der Waals surface area contributed by atoms with Crippen molar-refractivity contribution in [3.8, 4) is 11.3 Å². The Balaban J connectivity index is 2.22. The first kappa shape index (κ1) is 12.5. The first-order valence-corrected chi connectivity index (χ1v) is 6.40. The minimum atomic E-state index is -0.442. The van der Waals surface area contributed by atoms with Crippen LogP contribution in [-0.2, 0) is 0 Å². The average molecular weight is 268 g/mol. The molecule has 1 aromatic carbocycles. The number of aromatic nitrogens is 3. The maximum atomic E-state index is 14.1. The SMILES string of the molecule is CCNc1ncc(F)c(-c2cccc3ncccc23)n1. The quantitative estimate of drug-likeness (QED) is 0.792. The summed E-state index contributed by atoms with van der Waals surface area (Å²) in [5.74, 6) is -0.0206. The van der Waals surface area contributed by atoms with E-state index in [1.54, 1.807) is 6.20 Å². The van der Waals surface area contributed by atoms with E-state index in [1.807, 2.05) is 37.3 Å². The van der Waals surface area contributed by atoms with Crippen molar-refractivity contribution in [2.45, 2.75) is 6.92 Å². The van der Waals surface area contributed by atoms with Gasteiger partial charge < -0.3 is 5.32 Å². The van der Waals surface area contributed by atoms with Crippen LogP contribution < -0.4 is 5.32 Å². The number of nitrogens with one attached hydrogen (secondary N) is 1. The molecule has 0 unspecified atom stereocenters. The highest BCUT2D eigenvalue weighted by atomic mass is 19.1. The van der Waals surface area contributed by atoms with Gasteiger partial charge in [-0.25, -0.2) is 14.4 Å². The van der Waals surface area contributed by atoms with E-state index in [2.05, 4.69) is 20.3 Å². The molecule has 3 aromatic rings. The molecule has 20 heavy (non-hydrogen) atoms. The average Bonchev–Trinajstić information content (AvgIpc) is 2.49. The molecule has 2 aromatic heterocycles. The third kappa shape index (κ3) is 2.18. The molecule has 0 spiro atoms. The number of hydrogen-bond donors (Lipinski definition) is 1. The summed E-state index contributed by atoms with van der Waals surface area (Å²) < 4.78 is 14.1. The molecular formula is C15H13FN4. The Bertz CT molecular complexity index is 752. The Hall–Kier alpha value is -2.56. The molecule has 0 fully saturated rings. The zero-order chi connectivity index (χ0) is 13.9. The fraction of sp³-hybridized carbons (Fsp3) is 0.133. The lowest BCUT2D eigenvalue weighted by Gasteiger charge is -2.08. The van der Waals surface area contributed by atoms with Gasteiger partial charge in [-0.15, -0.1) is 0 Å². The molecule has 0 radical (unpaired) electrons. The third-order valence-corrected chi connectivity index (χ3v) is 2.98. The largest absolute Gasteiger partial charge is 0.354 e. The predicted octanol–water partition coefficient (Wildman–Crippen LogP) is 3.26. The lowest BCUT2D eigenvalue weighted by molar-refractivity contribution is 0.619. The Labute approximate surface area is 115 Å². The molecule has 0 atom stereocenters. The zero-order valence-corrected chi connectivity index (χ0v) is 11.0. The van der Waals surface area contributed by atoms with Crippen LogP contribution >= 0.6 is 0 Å². The van der Waals surface area contributed by atoms with Gasteiger partial charge in [-0.3, -0.25) is 4.98 Å². The molecule has 1 N–H and O–H groups in total. The van der Waals surface area contributed by atoms with Gasteiger partial charge in [-0.05, 0) is 19.1 Å². The Morgan fingerprint density at radius 1 is 1.15 bits per heavy atom. The minimum absolute atomic E-state index is 0.287. The van der Waals surface area contributed by atoms with Crippen molar-refractivity contribution >= 4 is 16.9 Å². The van der Waals surface area contributed by atoms with Gasteiger partial charge >= 0.3 is 0 Å². The van der Waals surface area contributed by atoms with Gasteiger partial charge in [0.05, 0.1) is 11.7 Å². The Kier molecular flexibility index (Phi) is 3.25. The molecule has 4 nitrogen and oxygen atoms in total. The molecule has 100 valence electrons. The van der Waals surface area contributed by atoms with Gasteiger partial charge in [-0.2, -0.15) is 0 Å². The summed E-state index contributed by atoms with van der Waals surface area (Å²) in [7, 11) is 0. The highest BCUT2D eigenvalue weighted by Gasteiger charge is 2.12. The molecule has 3 rings (SSSR count). The van der Waals surface area contributed by atoms with E-state index in [1.165, 1.54) is 6.20 Å². The van der Waals surface area contributed by atoms with Crippen LogP contribution in [0.4, 0.5) is 10.3 Å². The Morgan fingerprint density at radius 3 is 2.90 bits per heavy atom. The lowest BCUT2D eigenvalue weighted by Crippen LogP contribution is -2.04. The molecular weight excluding hydrogens is 255 g/mol. The topological polar surface area (TPSA) is 50.7 Å².